The molecule has 0 spiro atoms. The maximum atomic E-state index is 13.9. The standard InChI is InChI=1S/C20H25FN4O4/c1-13(2)27-20(26)29-25-8-6-15(7-9-25)28-19-11-18(22-12-23-19)24-17-10-14(3)4-5-16(17)21/h4-5,10-13,15H,6-9H2,1-3H3,(H,22,23,24). The van der Waals surface area contributed by atoms with E-state index < -0.39 is 6.16 Å². The topological polar surface area (TPSA) is 85.8 Å². The van der Waals surface area contributed by atoms with Crippen molar-refractivity contribution in [1.29, 1.82) is 0 Å². The second kappa shape index (κ2) is 9.51. The summed E-state index contributed by atoms with van der Waals surface area (Å²) in [7, 11) is 0. The Bertz CT molecular complexity index is 841. The minimum absolute atomic E-state index is 0.0746. The van der Waals surface area contributed by atoms with E-state index in [1.165, 1.54) is 12.4 Å². The summed E-state index contributed by atoms with van der Waals surface area (Å²) in [4.78, 5) is 25.0. The first-order valence-electron chi connectivity index (χ1n) is 9.54. The van der Waals surface area contributed by atoms with E-state index in [0.29, 0.717) is 43.3 Å². The number of hydroxylamine groups is 2. The molecule has 8 nitrogen and oxygen atoms in total. The van der Waals surface area contributed by atoms with Gasteiger partial charge in [0.25, 0.3) is 0 Å². The van der Waals surface area contributed by atoms with Crippen LogP contribution in [0.2, 0.25) is 0 Å². The fraction of sp³-hybridized carbons (Fsp3) is 0.450. The van der Waals surface area contributed by atoms with Crippen LogP contribution in [0.1, 0.15) is 32.3 Å². The largest absolute Gasteiger partial charge is 0.528 e. The van der Waals surface area contributed by atoms with Crippen LogP contribution in [-0.4, -0.2) is 46.5 Å². The molecule has 0 aliphatic carbocycles. The number of ether oxygens (including phenoxy) is 2. The molecule has 0 atom stereocenters. The van der Waals surface area contributed by atoms with Crippen LogP contribution in [0.5, 0.6) is 5.88 Å². The summed E-state index contributed by atoms with van der Waals surface area (Å²) in [5, 5.41) is 4.52. The number of halogens is 1. The monoisotopic (exact) mass is 404 g/mol. The minimum Gasteiger partial charge on any atom is -0.474 e. The van der Waals surface area contributed by atoms with Gasteiger partial charge in [-0.25, -0.2) is 19.2 Å². The van der Waals surface area contributed by atoms with E-state index >= 15 is 0 Å². The van der Waals surface area contributed by atoms with Gasteiger partial charge in [-0.1, -0.05) is 6.07 Å². The Labute approximate surface area is 169 Å². The highest BCUT2D eigenvalue weighted by Gasteiger charge is 2.24. The van der Waals surface area contributed by atoms with Crippen LogP contribution >= 0.6 is 0 Å². The number of nitrogens with one attached hydrogen (secondary N) is 1. The van der Waals surface area contributed by atoms with Crippen molar-refractivity contribution in [3.05, 3.63) is 42.0 Å². The molecule has 1 fully saturated rings. The van der Waals surface area contributed by atoms with Gasteiger partial charge in [-0.3, -0.25) is 0 Å². The van der Waals surface area contributed by atoms with E-state index in [1.54, 1.807) is 37.1 Å². The first-order chi connectivity index (χ1) is 13.9. The first-order valence-corrected chi connectivity index (χ1v) is 9.54. The van der Waals surface area contributed by atoms with Crippen molar-refractivity contribution in [2.75, 3.05) is 18.4 Å². The van der Waals surface area contributed by atoms with Crippen LogP contribution in [0.15, 0.2) is 30.6 Å². The maximum absolute atomic E-state index is 13.9. The minimum atomic E-state index is -0.700. The summed E-state index contributed by atoms with van der Waals surface area (Å²) in [6.07, 6.45) is 1.69. The summed E-state index contributed by atoms with van der Waals surface area (Å²) in [6.45, 7) is 6.47. The molecule has 1 saturated heterocycles. The molecule has 1 N–H and O–H groups in total. The number of aryl methyl sites for hydroxylation is 1. The second-order valence-corrected chi connectivity index (χ2v) is 7.10. The number of hydrogen-bond donors (Lipinski definition) is 1. The van der Waals surface area contributed by atoms with Crippen LogP contribution in [-0.2, 0) is 9.57 Å². The number of carbonyl (C=O) groups excluding carboxylic acids is 1. The number of anilines is 2. The van der Waals surface area contributed by atoms with E-state index in [0.717, 1.165) is 5.56 Å². The Morgan fingerprint density at radius 3 is 2.72 bits per heavy atom. The highest BCUT2D eigenvalue weighted by Crippen LogP contribution is 2.23. The number of hydrogen-bond acceptors (Lipinski definition) is 8. The Balaban J connectivity index is 1.52. The molecule has 1 aromatic heterocycles. The third kappa shape index (κ3) is 6.28. The molecule has 0 saturated carbocycles. The predicted octanol–water partition coefficient (Wildman–Crippen LogP) is 3.99. The van der Waals surface area contributed by atoms with Gasteiger partial charge in [0, 0.05) is 32.0 Å². The third-order valence-electron chi connectivity index (χ3n) is 4.25. The zero-order valence-electron chi connectivity index (χ0n) is 16.7. The number of rotatable bonds is 6. The number of piperidine rings is 1. The lowest BCUT2D eigenvalue weighted by molar-refractivity contribution is -0.151. The smallest absolute Gasteiger partial charge is 0.474 e. The summed E-state index contributed by atoms with van der Waals surface area (Å²) in [6, 6.07) is 6.44. The number of aromatic nitrogens is 2. The van der Waals surface area contributed by atoms with Crippen LogP contribution < -0.4 is 10.1 Å². The van der Waals surface area contributed by atoms with E-state index in [1.807, 2.05) is 6.92 Å². The molecule has 2 heterocycles. The van der Waals surface area contributed by atoms with Crippen molar-refractivity contribution in [3.8, 4) is 5.88 Å². The third-order valence-corrected chi connectivity index (χ3v) is 4.25. The normalized spacial score (nSPS) is 15.2. The van der Waals surface area contributed by atoms with Crippen molar-refractivity contribution in [2.45, 2.75) is 45.8 Å². The summed E-state index contributed by atoms with van der Waals surface area (Å²) in [5.74, 6) is 0.478. The Hall–Kier alpha value is -2.94. The van der Waals surface area contributed by atoms with Crippen molar-refractivity contribution in [1.82, 2.24) is 15.0 Å². The van der Waals surface area contributed by atoms with Gasteiger partial charge in [-0.2, -0.15) is 0 Å². The molecule has 9 heteroatoms. The van der Waals surface area contributed by atoms with Crippen molar-refractivity contribution in [3.63, 3.8) is 0 Å². The van der Waals surface area contributed by atoms with E-state index in [-0.39, 0.29) is 18.0 Å². The highest BCUT2D eigenvalue weighted by molar-refractivity contribution is 5.59. The lowest BCUT2D eigenvalue weighted by Crippen LogP contribution is -2.40. The van der Waals surface area contributed by atoms with Crippen molar-refractivity contribution >= 4 is 17.7 Å². The molecule has 1 aromatic carbocycles. The first kappa shape index (κ1) is 20.8. The van der Waals surface area contributed by atoms with Gasteiger partial charge in [0.1, 0.15) is 24.1 Å². The predicted molar refractivity (Wildman–Crippen MR) is 104 cm³/mol. The Morgan fingerprint density at radius 2 is 2.00 bits per heavy atom. The Morgan fingerprint density at radius 1 is 1.24 bits per heavy atom. The van der Waals surface area contributed by atoms with Gasteiger partial charge < -0.3 is 19.6 Å². The number of nitrogens with zero attached hydrogens (tertiary/aromatic N) is 3. The van der Waals surface area contributed by atoms with Gasteiger partial charge in [-0.15, -0.1) is 5.06 Å². The van der Waals surface area contributed by atoms with Gasteiger partial charge in [0.05, 0.1) is 11.8 Å². The SMILES string of the molecule is Cc1ccc(F)c(Nc2cc(OC3CCN(OC(=O)OC(C)C)CC3)ncn2)c1. The second-order valence-electron chi connectivity index (χ2n) is 7.10. The van der Waals surface area contributed by atoms with Crippen molar-refractivity contribution in [2.24, 2.45) is 0 Å². The molecule has 0 unspecified atom stereocenters. The molecule has 156 valence electrons. The molecule has 2 aromatic rings. The summed E-state index contributed by atoms with van der Waals surface area (Å²) < 4.78 is 24.8. The van der Waals surface area contributed by atoms with Crippen molar-refractivity contribution < 1.29 is 23.5 Å². The lowest BCUT2D eigenvalue weighted by Gasteiger charge is -2.30. The number of carbonyl (C=O) groups is 1. The molecule has 1 aliphatic rings. The summed E-state index contributed by atoms with van der Waals surface area (Å²) >= 11 is 0. The van der Waals surface area contributed by atoms with Crippen LogP contribution in [0.3, 0.4) is 0 Å². The molecule has 29 heavy (non-hydrogen) atoms. The van der Waals surface area contributed by atoms with E-state index in [2.05, 4.69) is 15.3 Å². The number of benzene rings is 1. The van der Waals surface area contributed by atoms with Crippen LogP contribution in [0, 0.1) is 12.7 Å². The van der Waals surface area contributed by atoms with Crippen LogP contribution in [0.4, 0.5) is 20.7 Å². The van der Waals surface area contributed by atoms with Crippen LogP contribution in [0.25, 0.3) is 0 Å². The average molecular weight is 404 g/mol. The average Bonchev–Trinajstić information content (AvgIpc) is 2.66. The Kier molecular flexibility index (Phi) is 6.82. The molecule has 3 rings (SSSR count). The zero-order valence-corrected chi connectivity index (χ0v) is 16.7. The van der Waals surface area contributed by atoms with Gasteiger partial charge >= 0.3 is 6.16 Å². The molecular weight excluding hydrogens is 379 g/mol. The lowest BCUT2D eigenvalue weighted by atomic mass is 10.1. The zero-order chi connectivity index (χ0) is 20.8. The van der Waals surface area contributed by atoms with Gasteiger partial charge in [0.2, 0.25) is 5.88 Å². The molecular formula is C20H25FN4O4. The molecule has 0 amide bonds. The molecule has 0 radical (unpaired) electrons. The summed E-state index contributed by atoms with van der Waals surface area (Å²) in [5.41, 5.74) is 1.28. The maximum Gasteiger partial charge on any atom is 0.528 e. The van der Waals surface area contributed by atoms with E-state index in [9.17, 15) is 9.18 Å². The van der Waals surface area contributed by atoms with E-state index in [4.69, 9.17) is 14.3 Å². The highest BCUT2D eigenvalue weighted by atomic mass is 19.1. The molecule has 1 aliphatic heterocycles. The fourth-order valence-corrected chi connectivity index (χ4v) is 2.88. The van der Waals surface area contributed by atoms with Gasteiger partial charge in [-0.05, 0) is 38.5 Å². The fourth-order valence-electron chi connectivity index (χ4n) is 2.88. The quantitative estimate of drug-likeness (QED) is 0.724. The van der Waals surface area contributed by atoms with Gasteiger partial charge in [0.15, 0.2) is 0 Å². The molecule has 0 bridgehead atoms.